The van der Waals surface area contributed by atoms with E-state index < -0.39 is 5.97 Å². The van der Waals surface area contributed by atoms with E-state index in [0.717, 1.165) is 17.7 Å². The van der Waals surface area contributed by atoms with Crippen molar-refractivity contribution in [3.05, 3.63) is 29.8 Å². The van der Waals surface area contributed by atoms with Gasteiger partial charge in [-0.25, -0.2) is 4.79 Å². The monoisotopic (exact) mass is 321 g/mol. The summed E-state index contributed by atoms with van der Waals surface area (Å²) in [6.45, 7) is 2.43. The summed E-state index contributed by atoms with van der Waals surface area (Å²) in [7, 11) is 1.55. The molecule has 23 heavy (non-hydrogen) atoms. The van der Waals surface area contributed by atoms with Gasteiger partial charge in [0.05, 0.1) is 6.42 Å². The van der Waals surface area contributed by atoms with E-state index in [1.165, 1.54) is 4.90 Å². The fraction of sp³-hybridized carbons (Fsp3) is 0.438. The highest BCUT2D eigenvalue weighted by atomic mass is 16.4. The topological polar surface area (TPSA) is 98.7 Å². The summed E-state index contributed by atoms with van der Waals surface area (Å²) in [4.78, 5) is 35.1. The predicted molar refractivity (Wildman–Crippen MR) is 87.1 cm³/mol. The predicted octanol–water partition coefficient (Wildman–Crippen LogP) is 2.04. The highest BCUT2D eigenvalue weighted by molar-refractivity contribution is 5.90. The first-order valence-electron chi connectivity index (χ1n) is 7.52. The van der Waals surface area contributed by atoms with E-state index in [1.807, 2.05) is 19.1 Å². The maximum atomic E-state index is 11.8. The van der Waals surface area contributed by atoms with Crippen LogP contribution in [0.5, 0.6) is 0 Å². The zero-order valence-corrected chi connectivity index (χ0v) is 13.5. The lowest BCUT2D eigenvalue weighted by Crippen LogP contribution is -2.37. The Morgan fingerprint density at radius 2 is 1.78 bits per heavy atom. The molecule has 126 valence electrons. The van der Waals surface area contributed by atoms with E-state index in [-0.39, 0.29) is 24.9 Å². The average Bonchev–Trinajstić information content (AvgIpc) is 2.51. The molecule has 3 N–H and O–H groups in total. The van der Waals surface area contributed by atoms with Gasteiger partial charge in [0.1, 0.15) is 0 Å². The molecule has 0 fully saturated rings. The summed E-state index contributed by atoms with van der Waals surface area (Å²) in [5, 5.41) is 14.1. The van der Waals surface area contributed by atoms with Crippen molar-refractivity contribution >= 4 is 23.6 Å². The number of carboxylic acid groups (broad SMARTS) is 1. The van der Waals surface area contributed by atoms with Crippen molar-refractivity contribution in [1.29, 1.82) is 0 Å². The van der Waals surface area contributed by atoms with Crippen molar-refractivity contribution in [2.45, 2.75) is 32.7 Å². The van der Waals surface area contributed by atoms with Crippen LogP contribution in [-0.4, -0.2) is 41.5 Å². The number of rotatable bonds is 8. The minimum Gasteiger partial charge on any atom is -0.481 e. The summed E-state index contributed by atoms with van der Waals surface area (Å²) in [6.07, 6.45) is 1.20. The van der Waals surface area contributed by atoms with Crippen molar-refractivity contribution in [3.63, 3.8) is 0 Å². The third-order valence-corrected chi connectivity index (χ3v) is 3.17. The number of anilines is 1. The first kappa shape index (κ1) is 18.5. The van der Waals surface area contributed by atoms with Crippen molar-refractivity contribution in [2.24, 2.45) is 0 Å². The lowest BCUT2D eigenvalue weighted by molar-refractivity contribution is -0.137. The molecule has 0 heterocycles. The molecule has 0 saturated heterocycles. The smallest absolute Gasteiger partial charge is 0.317 e. The lowest BCUT2D eigenvalue weighted by Gasteiger charge is -2.17. The van der Waals surface area contributed by atoms with Gasteiger partial charge in [0.25, 0.3) is 0 Å². The maximum absolute atomic E-state index is 11.8. The fourth-order valence-corrected chi connectivity index (χ4v) is 1.83. The second-order valence-corrected chi connectivity index (χ2v) is 5.22. The lowest BCUT2D eigenvalue weighted by atomic mass is 10.2. The Hall–Kier alpha value is -2.57. The Labute approximate surface area is 135 Å². The van der Waals surface area contributed by atoms with E-state index >= 15 is 0 Å². The van der Waals surface area contributed by atoms with Gasteiger partial charge in [0, 0.05) is 32.2 Å². The second-order valence-electron chi connectivity index (χ2n) is 5.22. The van der Waals surface area contributed by atoms with Crippen LogP contribution in [0.4, 0.5) is 10.5 Å². The minimum atomic E-state index is -0.939. The highest BCUT2D eigenvalue weighted by Gasteiger charge is 2.09. The van der Waals surface area contributed by atoms with Gasteiger partial charge < -0.3 is 20.6 Å². The molecule has 0 unspecified atom stereocenters. The molecule has 0 atom stereocenters. The molecule has 0 spiro atoms. The Bertz CT molecular complexity index is 543. The molecular formula is C16H23N3O4. The Morgan fingerprint density at radius 3 is 2.35 bits per heavy atom. The molecule has 0 bridgehead atoms. The first-order chi connectivity index (χ1) is 10.9. The number of amides is 3. The van der Waals surface area contributed by atoms with Crippen LogP contribution in [0, 0.1) is 0 Å². The quantitative estimate of drug-likeness (QED) is 0.682. The number of carboxylic acids is 1. The number of benzene rings is 1. The number of urea groups is 1. The molecule has 3 amide bonds. The molecule has 0 aliphatic carbocycles. The van der Waals surface area contributed by atoms with Crippen molar-refractivity contribution in [2.75, 3.05) is 18.9 Å². The van der Waals surface area contributed by atoms with Gasteiger partial charge in [0.15, 0.2) is 0 Å². The van der Waals surface area contributed by atoms with Crippen molar-refractivity contribution in [3.8, 4) is 0 Å². The van der Waals surface area contributed by atoms with Gasteiger partial charge in [-0.05, 0) is 24.1 Å². The largest absolute Gasteiger partial charge is 0.481 e. The summed E-state index contributed by atoms with van der Waals surface area (Å²) in [6, 6.07) is 6.87. The SMILES string of the molecule is CCCC(=O)Nc1ccc(CNC(=O)N(C)CCC(=O)O)cc1. The van der Waals surface area contributed by atoms with Gasteiger partial charge in [0.2, 0.25) is 5.91 Å². The van der Waals surface area contributed by atoms with E-state index in [0.29, 0.717) is 13.0 Å². The van der Waals surface area contributed by atoms with Gasteiger partial charge in [-0.15, -0.1) is 0 Å². The minimum absolute atomic E-state index is 0.0198. The number of carbonyl (C=O) groups excluding carboxylic acids is 2. The maximum Gasteiger partial charge on any atom is 0.317 e. The molecule has 0 radical (unpaired) electrons. The molecule has 0 aliphatic heterocycles. The Morgan fingerprint density at radius 1 is 1.13 bits per heavy atom. The number of hydrogen-bond donors (Lipinski definition) is 3. The van der Waals surface area contributed by atoms with Crippen LogP contribution in [0.25, 0.3) is 0 Å². The Kier molecular flexibility index (Phi) is 7.59. The fourth-order valence-electron chi connectivity index (χ4n) is 1.83. The number of aliphatic carboxylic acids is 1. The first-order valence-corrected chi connectivity index (χ1v) is 7.52. The zero-order chi connectivity index (χ0) is 17.2. The number of carbonyl (C=O) groups is 3. The summed E-state index contributed by atoms with van der Waals surface area (Å²) in [5.74, 6) is -0.959. The van der Waals surface area contributed by atoms with E-state index in [2.05, 4.69) is 10.6 Å². The molecule has 0 aromatic heterocycles. The Balaban J connectivity index is 2.41. The van der Waals surface area contributed by atoms with Crippen LogP contribution in [0.3, 0.4) is 0 Å². The molecule has 0 aliphatic rings. The summed E-state index contributed by atoms with van der Waals surface area (Å²) < 4.78 is 0. The van der Waals surface area contributed by atoms with Crippen LogP contribution in [0.2, 0.25) is 0 Å². The normalized spacial score (nSPS) is 10.0. The van der Waals surface area contributed by atoms with Crippen molar-refractivity contribution < 1.29 is 19.5 Å². The second kappa shape index (κ2) is 9.45. The van der Waals surface area contributed by atoms with Crippen molar-refractivity contribution in [1.82, 2.24) is 10.2 Å². The van der Waals surface area contributed by atoms with Gasteiger partial charge in [-0.2, -0.15) is 0 Å². The van der Waals surface area contributed by atoms with Gasteiger partial charge >= 0.3 is 12.0 Å². The molecular weight excluding hydrogens is 298 g/mol. The van der Waals surface area contributed by atoms with Crippen LogP contribution in [0.15, 0.2) is 24.3 Å². The van der Waals surface area contributed by atoms with E-state index in [9.17, 15) is 14.4 Å². The van der Waals surface area contributed by atoms with Crippen LogP contribution in [-0.2, 0) is 16.1 Å². The molecule has 1 rings (SSSR count). The highest BCUT2D eigenvalue weighted by Crippen LogP contribution is 2.10. The summed E-state index contributed by atoms with van der Waals surface area (Å²) in [5.41, 5.74) is 1.61. The standard InChI is InChI=1S/C16H23N3O4/c1-3-4-14(20)18-13-7-5-12(6-8-13)11-17-16(23)19(2)10-9-15(21)22/h5-8H,3-4,9-11H2,1-2H3,(H,17,23)(H,18,20)(H,21,22). The van der Waals surface area contributed by atoms with Crippen LogP contribution >= 0.6 is 0 Å². The number of hydrogen-bond acceptors (Lipinski definition) is 3. The third kappa shape index (κ3) is 7.30. The van der Waals surface area contributed by atoms with Crippen LogP contribution < -0.4 is 10.6 Å². The molecule has 7 heteroatoms. The van der Waals surface area contributed by atoms with Gasteiger partial charge in [-0.1, -0.05) is 19.1 Å². The average molecular weight is 321 g/mol. The summed E-state index contributed by atoms with van der Waals surface area (Å²) >= 11 is 0. The molecule has 7 nitrogen and oxygen atoms in total. The number of nitrogens with one attached hydrogen (secondary N) is 2. The molecule has 0 saturated carbocycles. The molecule has 1 aromatic rings. The van der Waals surface area contributed by atoms with E-state index in [1.54, 1.807) is 19.2 Å². The third-order valence-electron chi connectivity index (χ3n) is 3.17. The van der Waals surface area contributed by atoms with E-state index in [4.69, 9.17) is 5.11 Å². The zero-order valence-electron chi connectivity index (χ0n) is 13.5. The van der Waals surface area contributed by atoms with Crippen LogP contribution in [0.1, 0.15) is 31.7 Å². The van der Waals surface area contributed by atoms with Gasteiger partial charge in [-0.3, -0.25) is 9.59 Å². The molecule has 1 aromatic carbocycles. The number of nitrogens with zero attached hydrogens (tertiary/aromatic N) is 1.